The second kappa shape index (κ2) is 11.8. The smallest absolute Gasteiger partial charge is 0.247 e. The molecule has 39 heavy (non-hydrogen) atoms. The van der Waals surface area contributed by atoms with E-state index in [1.807, 2.05) is 24.3 Å². The van der Waals surface area contributed by atoms with Crippen LogP contribution in [0.4, 0.5) is 10.1 Å². The van der Waals surface area contributed by atoms with Gasteiger partial charge in [-0.1, -0.05) is 12.1 Å². The molecule has 1 aliphatic heterocycles. The van der Waals surface area contributed by atoms with Gasteiger partial charge in [0, 0.05) is 12.2 Å². The number of rotatable bonds is 9. The molecule has 2 atom stereocenters. The molecule has 9 nitrogen and oxygen atoms in total. The molecule has 1 aromatic heterocycles. The van der Waals surface area contributed by atoms with Gasteiger partial charge in [-0.3, -0.25) is 9.59 Å². The molecule has 3 aromatic carbocycles. The lowest BCUT2D eigenvalue weighted by Gasteiger charge is -2.24. The third-order valence-electron chi connectivity index (χ3n) is 6.60. The van der Waals surface area contributed by atoms with Crippen LogP contribution >= 0.6 is 0 Å². The minimum absolute atomic E-state index is 0.00504. The zero-order chi connectivity index (χ0) is 27.2. The van der Waals surface area contributed by atoms with Crippen molar-refractivity contribution in [1.82, 2.24) is 19.7 Å². The molecule has 2 amide bonds. The molecule has 1 aliphatic rings. The van der Waals surface area contributed by atoms with Crippen LogP contribution < -0.4 is 14.8 Å². The molecule has 1 fully saturated rings. The average Bonchev–Trinajstić information content (AvgIpc) is 3.61. The van der Waals surface area contributed by atoms with Crippen LogP contribution in [0, 0.1) is 11.7 Å². The Hall–Kier alpha value is -4.73. The fraction of sp³-hybridized carbons (Fsp3) is 0.241. The van der Waals surface area contributed by atoms with E-state index < -0.39 is 6.04 Å². The molecule has 0 spiro atoms. The van der Waals surface area contributed by atoms with Gasteiger partial charge in [0.15, 0.2) is 0 Å². The van der Waals surface area contributed by atoms with Crippen LogP contribution in [0.25, 0.3) is 0 Å². The van der Waals surface area contributed by atoms with E-state index in [0.717, 1.165) is 11.3 Å². The van der Waals surface area contributed by atoms with E-state index in [4.69, 9.17) is 9.47 Å². The van der Waals surface area contributed by atoms with Crippen molar-refractivity contribution < 1.29 is 23.5 Å². The summed E-state index contributed by atoms with van der Waals surface area (Å²) in [5.41, 5.74) is 1.66. The molecule has 1 saturated heterocycles. The zero-order valence-corrected chi connectivity index (χ0v) is 21.4. The molecule has 10 heteroatoms. The van der Waals surface area contributed by atoms with Crippen LogP contribution in [-0.4, -0.2) is 51.2 Å². The maximum atomic E-state index is 13.4. The molecule has 200 valence electrons. The number of anilines is 1. The standard InChI is InChI=1S/C29H28FN5O4/c1-38-26-4-2-3-20(14-26)13-21-15-27(35(16-21)28(36)17-34-19-31-18-32-34)29(37)33-23-7-11-25(12-8-23)39-24-9-5-22(30)6-10-24/h2-12,14,18-19,21,27H,13,15-17H2,1H3,(H,33,37)/t21-,27+/m1/s1. The number of hydrogen-bond donors (Lipinski definition) is 1. The Bertz CT molecular complexity index is 1410. The summed E-state index contributed by atoms with van der Waals surface area (Å²) < 4.78 is 25.6. The number of likely N-dealkylation sites (tertiary alicyclic amines) is 1. The first-order chi connectivity index (χ1) is 19.0. The minimum atomic E-state index is -0.633. The SMILES string of the molecule is COc1cccc(C[C@@H]2C[C@@H](C(=O)Nc3ccc(Oc4ccc(F)cc4)cc3)N(C(=O)Cn3cncn3)C2)c1. The first kappa shape index (κ1) is 25.9. The molecule has 0 radical (unpaired) electrons. The second-order valence-electron chi connectivity index (χ2n) is 9.38. The number of methoxy groups -OCH3 is 1. The first-order valence-corrected chi connectivity index (χ1v) is 12.6. The maximum Gasteiger partial charge on any atom is 0.247 e. The van der Waals surface area contributed by atoms with Gasteiger partial charge in [0.1, 0.15) is 48.3 Å². The molecule has 0 unspecified atom stereocenters. The Labute approximate surface area is 225 Å². The molecule has 4 aromatic rings. The highest BCUT2D eigenvalue weighted by Gasteiger charge is 2.39. The third-order valence-corrected chi connectivity index (χ3v) is 6.60. The molecular weight excluding hydrogens is 501 g/mol. The number of benzene rings is 3. The normalized spacial score (nSPS) is 16.6. The Morgan fingerprint density at radius 3 is 2.46 bits per heavy atom. The summed E-state index contributed by atoms with van der Waals surface area (Å²) in [4.78, 5) is 32.2. The van der Waals surface area contributed by atoms with Gasteiger partial charge in [0.25, 0.3) is 0 Å². The predicted molar refractivity (Wildman–Crippen MR) is 142 cm³/mol. The Balaban J connectivity index is 1.27. The maximum absolute atomic E-state index is 13.4. The van der Waals surface area contributed by atoms with E-state index >= 15 is 0 Å². The number of aromatic nitrogens is 3. The monoisotopic (exact) mass is 529 g/mol. The number of carbonyl (C=O) groups is 2. The highest BCUT2D eigenvalue weighted by Crippen LogP contribution is 2.29. The predicted octanol–water partition coefficient (Wildman–Crippen LogP) is 4.32. The summed E-state index contributed by atoms with van der Waals surface area (Å²) in [6.45, 7) is 0.457. The number of nitrogens with one attached hydrogen (secondary N) is 1. The highest BCUT2D eigenvalue weighted by atomic mass is 19.1. The first-order valence-electron chi connectivity index (χ1n) is 12.6. The number of ether oxygens (including phenoxy) is 2. The number of nitrogens with zero attached hydrogens (tertiary/aromatic N) is 4. The van der Waals surface area contributed by atoms with Crippen molar-refractivity contribution in [2.75, 3.05) is 19.0 Å². The summed E-state index contributed by atoms with van der Waals surface area (Å²) in [7, 11) is 1.63. The number of carbonyl (C=O) groups excluding carboxylic acids is 2. The quantitative estimate of drug-likeness (QED) is 0.347. The highest BCUT2D eigenvalue weighted by molar-refractivity contribution is 5.97. The van der Waals surface area contributed by atoms with Crippen molar-refractivity contribution >= 4 is 17.5 Å². The van der Waals surface area contributed by atoms with Gasteiger partial charge in [-0.15, -0.1) is 0 Å². The van der Waals surface area contributed by atoms with Gasteiger partial charge in [0.2, 0.25) is 11.8 Å². The number of halogens is 1. The van der Waals surface area contributed by atoms with Crippen LogP contribution in [0.1, 0.15) is 12.0 Å². The van der Waals surface area contributed by atoms with Crippen LogP contribution in [0.15, 0.2) is 85.5 Å². The minimum Gasteiger partial charge on any atom is -0.497 e. The molecule has 0 aliphatic carbocycles. The lowest BCUT2D eigenvalue weighted by atomic mass is 9.96. The van der Waals surface area contributed by atoms with Crippen LogP contribution in [0.5, 0.6) is 17.2 Å². The van der Waals surface area contributed by atoms with Gasteiger partial charge < -0.3 is 19.7 Å². The molecule has 0 bridgehead atoms. The topological polar surface area (TPSA) is 98.6 Å². The van der Waals surface area contributed by atoms with Crippen molar-refractivity contribution in [1.29, 1.82) is 0 Å². The Morgan fingerprint density at radius 1 is 1.03 bits per heavy atom. The van der Waals surface area contributed by atoms with E-state index in [-0.39, 0.29) is 30.1 Å². The molecule has 5 rings (SSSR count). The van der Waals surface area contributed by atoms with Crippen LogP contribution in [-0.2, 0) is 22.6 Å². The van der Waals surface area contributed by atoms with Gasteiger partial charge in [-0.25, -0.2) is 14.1 Å². The molecule has 1 N–H and O–H groups in total. The number of amides is 2. The lowest BCUT2D eigenvalue weighted by Crippen LogP contribution is -2.44. The Kier molecular flexibility index (Phi) is 7.81. The summed E-state index contributed by atoms with van der Waals surface area (Å²) >= 11 is 0. The number of hydrogen-bond acceptors (Lipinski definition) is 6. The zero-order valence-electron chi connectivity index (χ0n) is 21.4. The van der Waals surface area contributed by atoms with Crippen molar-refractivity contribution in [2.24, 2.45) is 5.92 Å². The van der Waals surface area contributed by atoms with Gasteiger partial charge >= 0.3 is 0 Å². The van der Waals surface area contributed by atoms with Gasteiger partial charge in [-0.05, 0) is 85.0 Å². The van der Waals surface area contributed by atoms with E-state index in [0.29, 0.717) is 36.6 Å². The van der Waals surface area contributed by atoms with Crippen molar-refractivity contribution in [3.63, 3.8) is 0 Å². The fourth-order valence-corrected chi connectivity index (χ4v) is 4.74. The molecule has 2 heterocycles. The van der Waals surface area contributed by atoms with Crippen LogP contribution in [0.2, 0.25) is 0 Å². The summed E-state index contributed by atoms with van der Waals surface area (Å²) in [6.07, 6.45) is 4.09. The molecule has 0 saturated carbocycles. The lowest BCUT2D eigenvalue weighted by molar-refractivity contribution is -0.137. The average molecular weight is 530 g/mol. The van der Waals surface area contributed by atoms with Crippen molar-refractivity contribution in [3.8, 4) is 17.2 Å². The summed E-state index contributed by atoms with van der Waals surface area (Å²) in [6, 6.07) is 19.8. The van der Waals surface area contributed by atoms with E-state index in [9.17, 15) is 14.0 Å². The Morgan fingerprint density at radius 2 is 1.77 bits per heavy atom. The molecular formula is C29H28FN5O4. The van der Waals surface area contributed by atoms with Gasteiger partial charge in [-0.2, -0.15) is 5.10 Å². The van der Waals surface area contributed by atoms with E-state index in [1.165, 1.54) is 41.6 Å². The summed E-state index contributed by atoms with van der Waals surface area (Å²) in [5, 5.41) is 6.96. The largest absolute Gasteiger partial charge is 0.497 e. The van der Waals surface area contributed by atoms with E-state index in [1.54, 1.807) is 36.3 Å². The fourth-order valence-electron chi connectivity index (χ4n) is 4.74. The van der Waals surface area contributed by atoms with Crippen molar-refractivity contribution in [2.45, 2.75) is 25.4 Å². The van der Waals surface area contributed by atoms with Crippen LogP contribution in [0.3, 0.4) is 0 Å². The second-order valence-corrected chi connectivity index (χ2v) is 9.38. The van der Waals surface area contributed by atoms with E-state index in [2.05, 4.69) is 15.4 Å². The third kappa shape index (κ3) is 6.59. The van der Waals surface area contributed by atoms with Gasteiger partial charge in [0.05, 0.1) is 7.11 Å². The van der Waals surface area contributed by atoms with Crippen molar-refractivity contribution in [3.05, 3.63) is 96.8 Å². The summed E-state index contributed by atoms with van der Waals surface area (Å²) in [5.74, 6) is 1.11.